The van der Waals surface area contributed by atoms with Gasteiger partial charge in [-0.15, -0.1) is 0 Å². The molecular formula is C22H25N3O6. The Kier molecular flexibility index (Phi) is 7.31. The Labute approximate surface area is 180 Å². The van der Waals surface area contributed by atoms with E-state index >= 15 is 0 Å². The highest BCUT2D eigenvalue weighted by molar-refractivity contribution is 5.98. The number of rotatable bonds is 9. The van der Waals surface area contributed by atoms with Crippen molar-refractivity contribution >= 4 is 23.4 Å². The smallest absolute Gasteiger partial charge is 0.254 e. The van der Waals surface area contributed by atoms with Crippen LogP contribution < -0.4 is 24.8 Å². The maximum atomic E-state index is 12.9. The molecule has 0 radical (unpaired) electrons. The van der Waals surface area contributed by atoms with Crippen LogP contribution >= 0.6 is 0 Å². The normalized spacial score (nSPS) is 11.5. The molecule has 1 aliphatic heterocycles. The summed E-state index contributed by atoms with van der Waals surface area (Å²) in [6.45, 7) is 2.07. The first kappa shape index (κ1) is 21.9. The molecule has 2 N–H and O–H groups in total. The monoisotopic (exact) mass is 427 g/mol. The van der Waals surface area contributed by atoms with Crippen LogP contribution in [-0.2, 0) is 9.59 Å². The van der Waals surface area contributed by atoms with Crippen LogP contribution in [0, 0.1) is 0 Å². The number of ether oxygens (including phenoxy) is 3. The summed E-state index contributed by atoms with van der Waals surface area (Å²) in [6, 6.07) is 11.8. The summed E-state index contributed by atoms with van der Waals surface area (Å²) in [4.78, 5) is 38.7. The molecule has 9 nitrogen and oxygen atoms in total. The van der Waals surface area contributed by atoms with E-state index < -0.39 is 5.91 Å². The van der Waals surface area contributed by atoms with Gasteiger partial charge in [-0.1, -0.05) is 6.92 Å². The standard InChI is InChI=1S/C22H25N3O6/c1-3-10-25(22(28)15-4-9-18-19(11-15)31-14-30-18)13-21(27)23-12-20(26)24-16-5-7-17(29-2)8-6-16/h4-9,11H,3,10,12-14H2,1-2H3,(H,23,27)(H,24,26). The van der Waals surface area contributed by atoms with Crippen molar-refractivity contribution in [3.8, 4) is 17.2 Å². The molecular weight excluding hydrogens is 402 g/mol. The highest BCUT2D eigenvalue weighted by Gasteiger charge is 2.22. The fourth-order valence-electron chi connectivity index (χ4n) is 3.02. The number of carbonyl (C=O) groups is 3. The summed E-state index contributed by atoms with van der Waals surface area (Å²) in [5.74, 6) is 0.670. The second-order valence-corrected chi connectivity index (χ2v) is 6.85. The Hall–Kier alpha value is -3.75. The molecule has 3 rings (SSSR count). The minimum absolute atomic E-state index is 0.118. The Morgan fingerprint density at radius 2 is 1.77 bits per heavy atom. The van der Waals surface area contributed by atoms with E-state index in [-0.39, 0.29) is 31.7 Å². The average molecular weight is 427 g/mol. The molecule has 0 fully saturated rings. The minimum Gasteiger partial charge on any atom is -0.497 e. The van der Waals surface area contributed by atoms with Crippen LogP contribution in [0.2, 0.25) is 0 Å². The number of benzene rings is 2. The summed E-state index contributed by atoms with van der Waals surface area (Å²) < 4.78 is 15.6. The molecule has 2 aromatic rings. The molecule has 1 heterocycles. The van der Waals surface area contributed by atoms with Gasteiger partial charge in [-0.2, -0.15) is 0 Å². The van der Waals surface area contributed by atoms with Gasteiger partial charge in [0.2, 0.25) is 18.6 Å². The Morgan fingerprint density at radius 3 is 2.48 bits per heavy atom. The molecule has 0 atom stereocenters. The van der Waals surface area contributed by atoms with Crippen LogP contribution in [0.5, 0.6) is 17.2 Å². The molecule has 0 aliphatic carbocycles. The van der Waals surface area contributed by atoms with Crippen molar-refractivity contribution < 1.29 is 28.6 Å². The molecule has 2 aromatic carbocycles. The van der Waals surface area contributed by atoms with Crippen molar-refractivity contribution in [1.82, 2.24) is 10.2 Å². The van der Waals surface area contributed by atoms with E-state index in [9.17, 15) is 14.4 Å². The number of fused-ring (bicyclic) bond motifs is 1. The van der Waals surface area contributed by atoms with Gasteiger partial charge in [-0.3, -0.25) is 14.4 Å². The van der Waals surface area contributed by atoms with Crippen LogP contribution in [0.3, 0.4) is 0 Å². The lowest BCUT2D eigenvalue weighted by Gasteiger charge is -2.21. The van der Waals surface area contributed by atoms with Gasteiger partial charge in [0.1, 0.15) is 5.75 Å². The number of anilines is 1. The fraction of sp³-hybridized carbons (Fsp3) is 0.318. The molecule has 3 amide bonds. The van der Waals surface area contributed by atoms with Crippen molar-refractivity contribution in [3.05, 3.63) is 48.0 Å². The number of carbonyl (C=O) groups excluding carboxylic acids is 3. The lowest BCUT2D eigenvalue weighted by molar-refractivity contribution is -0.124. The van der Waals surface area contributed by atoms with E-state index in [2.05, 4.69) is 10.6 Å². The van der Waals surface area contributed by atoms with Crippen molar-refractivity contribution in [2.24, 2.45) is 0 Å². The molecule has 0 saturated heterocycles. The van der Waals surface area contributed by atoms with Crippen LogP contribution in [0.25, 0.3) is 0 Å². The number of hydrogen-bond acceptors (Lipinski definition) is 6. The first-order valence-corrected chi connectivity index (χ1v) is 9.89. The van der Waals surface area contributed by atoms with Crippen LogP contribution in [0.15, 0.2) is 42.5 Å². The van der Waals surface area contributed by atoms with Gasteiger partial charge in [-0.05, 0) is 48.9 Å². The van der Waals surface area contributed by atoms with E-state index in [0.717, 1.165) is 0 Å². The van der Waals surface area contributed by atoms with Crippen molar-refractivity contribution in [2.75, 3.05) is 38.9 Å². The topological polar surface area (TPSA) is 106 Å². The first-order chi connectivity index (χ1) is 15.0. The SMILES string of the molecule is CCCN(CC(=O)NCC(=O)Nc1ccc(OC)cc1)C(=O)c1ccc2c(c1)OCO2. The highest BCUT2D eigenvalue weighted by atomic mass is 16.7. The number of hydrogen-bond donors (Lipinski definition) is 2. The zero-order valence-electron chi connectivity index (χ0n) is 17.5. The van der Waals surface area contributed by atoms with Gasteiger partial charge in [0.25, 0.3) is 5.91 Å². The lowest BCUT2D eigenvalue weighted by atomic mass is 10.1. The van der Waals surface area contributed by atoms with E-state index in [1.54, 1.807) is 49.6 Å². The Bertz CT molecular complexity index is 945. The highest BCUT2D eigenvalue weighted by Crippen LogP contribution is 2.32. The molecule has 31 heavy (non-hydrogen) atoms. The van der Waals surface area contributed by atoms with E-state index in [4.69, 9.17) is 14.2 Å². The third-order valence-corrected chi connectivity index (χ3v) is 4.55. The summed E-state index contributed by atoms with van der Waals surface area (Å²) in [6.07, 6.45) is 0.682. The molecule has 0 saturated carbocycles. The number of amides is 3. The van der Waals surface area contributed by atoms with E-state index in [0.29, 0.717) is 41.5 Å². The third kappa shape index (κ3) is 5.88. The number of methoxy groups -OCH3 is 1. The largest absolute Gasteiger partial charge is 0.497 e. The van der Waals surface area contributed by atoms with Crippen LogP contribution in [0.1, 0.15) is 23.7 Å². The minimum atomic E-state index is -0.424. The maximum absolute atomic E-state index is 12.9. The van der Waals surface area contributed by atoms with Gasteiger partial charge in [0, 0.05) is 17.8 Å². The zero-order valence-corrected chi connectivity index (χ0v) is 17.5. The van der Waals surface area contributed by atoms with Gasteiger partial charge < -0.3 is 29.7 Å². The summed E-state index contributed by atoms with van der Waals surface area (Å²) in [5.41, 5.74) is 0.994. The molecule has 9 heteroatoms. The molecule has 0 spiro atoms. The molecule has 1 aliphatic rings. The van der Waals surface area contributed by atoms with E-state index in [1.807, 2.05) is 6.92 Å². The van der Waals surface area contributed by atoms with Gasteiger partial charge >= 0.3 is 0 Å². The second kappa shape index (κ2) is 10.3. The Balaban J connectivity index is 1.52. The maximum Gasteiger partial charge on any atom is 0.254 e. The predicted molar refractivity (Wildman–Crippen MR) is 113 cm³/mol. The van der Waals surface area contributed by atoms with Crippen molar-refractivity contribution in [1.29, 1.82) is 0 Å². The Morgan fingerprint density at radius 1 is 1.03 bits per heavy atom. The van der Waals surface area contributed by atoms with Gasteiger partial charge in [0.15, 0.2) is 11.5 Å². The third-order valence-electron chi connectivity index (χ3n) is 4.55. The van der Waals surface area contributed by atoms with Gasteiger partial charge in [0.05, 0.1) is 20.2 Å². The van der Waals surface area contributed by atoms with Crippen LogP contribution in [0.4, 0.5) is 5.69 Å². The quantitative estimate of drug-likeness (QED) is 0.634. The van der Waals surface area contributed by atoms with E-state index in [1.165, 1.54) is 4.90 Å². The zero-order chi connectivity index (χ0) is 22.2. The summed E-state index contributed by atoms with van der Waals surface area (Å²) in [5, 5.41) is 5.23. The number of nitrogens with zero attached hydrogens (tertiary/aromatic N) is 1. The van der Waals surface area contributed by atoms with Crippen LogP contribution in [-0.4, -0.2) is 56.2 Å². The molecule has 0 unspecified atom stereocenters. The molecule has 164 valence electrons. The van der Waals surface area contributed by atoms with Gasteiger partial charge in [-0.25, -0.2) is 0 Å². The summed E-state index contributed by atoms with van der Waals surface area (Å²) >= 11 is 0. The fourth-order valence-corrected chi connectivity index (χ4v) is 3.02. The molecule has 0 bridgehead atoms. The average Bonchev–Trinajstić information content (AvgIpc) is 3.25. The predicted octanol–water partition coefficient (Wildman–Crippen LogP) is 2.03. The lowest BCUT2D eigenvalue weighted by Crippen LogP contribution is -2.43. The van der Waals surface area contributed by atoms with Crippen molar-refractivity contribution in [2.45, 2.75) is 13.3 Å². The molecule has 0 aromatic heterocycles. The number of nitrogens with one attached hydrogen (secondary N) is 2. The first-order valence-electron chi connectivity index (χ1n) is 9.89. The summed E-state index contributed by atoms with van der Waals surface area (Å²) in [7, 11) is 1.56. The van der Waals surface area contributed by atoms with Crippen molar-refractivity contribution in [3.63, 3.8) is 0 Å². The second-order valence-electron chi connectivity index (χ2n) is 6.85.